The van der Waals surface area contributed by atoms with Crippen molar-refractivity contribution in [3.05, 3.63) is 35.4 Å². The second kappa shape index (κ2) is 2.59. The summed E-state index contributed by atoms with van der Waals surface area (Å²) in [5.74, 6) is -1.77. The molecule has 0 saturated carbocycles. The normalized spacial score (nSPS) is 13.8. The lowest BCUT2D eigenvalue weighted by Crippen LogP contribution is -2.03. The molecule has 3 heteroatoms. The van der Waals surface area contributed by atoms with Gasteiger partial charge in [0.15, 0.2) is 11.6 Å². The SMILES string of the molecule is Fc1ccc2c(c1F)OCC=C2. The van der Waals surface area contributed by atoms with E-state index in [1.54, 1.807) is 12.2 Å². The summed E-state index contributed by atoms with van der Waals surface area (Å²) in [5, 5.41) is 0. The molecule has 0 saturated heterocycles. The topological polar surface area (TPSA) is 9.23 Å². The maximum Gasteiger partial charge on any atom is 0.201 e. The van der Waals surface area contributed by atoms with Crippen LogP contribution >= 0.6 is 0 Å². The molecule has 62 valence electrons. The van der Waals surface area contributed by atoms with Crippen molar-refractivity contribution in [2.45, 2.75) is 0 Å². The Labute approximate surface area is 68.3 Å². The highest BCUT2D eigenvalue weighted by atomic mass is 19.2. The molecule has 1 aromatic carbocycles. The van der Waals surface area contributed by atoms with Gasteiger partial charge in [-0.25, -0.2) is 4.39 Å². The first-order valence-electron chi connectivity index (χ1n) is 3.56. The van der Waals surface area contributed by atoms with Crippen LogP contribution in [0.25, 0.3) is 6.08 Å². The van der Waals surface area contributed by atoms with Gasteiger partial charge >= 0.3 is 0 Å². The van der Waals surface area contributed by atoms with E-state index >= 15 is 0 Å². The van der Waals surface area contributed by atoms with E-state index in [9.17, 15) is 8.78 Å². The Morgan fingerprint density at radius 1 is 1.25 bits per heavy atom. The van der Waals surface area contributed by atoms with Crippen molar-refractivity contribution in [3.8, 4) is 5.75 Å². The summed E-state index contributed by atoms with van der Waals surface area (Å²) in [6.45, 7) is 0.299. The largest absolute Gasteiger partial charge is 0.486 e. The number of hydrogen-bond acceptors (Lipinski definition) is 1. The van der Waals surface area contributed by atoms with Gasteiger partial charge in [-0.05, 0) is 18.2 Å². The predicted octanol–water partition coefficient (Wildman–Crippen LogP) is 2.37. The molecule has 1 heterocycles. The van der Waals surface area contributed by atoms with E-state index in [0.29, 0.717) is 12.2 Å². The maximum absolute atomic E-state index is 12.9. The van der Waals surface area contributed by atoms with Crippen molar-refractivity contribution in [2.24, 2.45) is 0 Å². The molecule has 0 aromatic heterocycles. The minimum Gasteiger partial charge on any atom is -0.486 e. The van der Waals surface area contributed by atoms with E-state index < -0.39 is 11.6 Å². The molecule has 0 amide bonds. The molecule has 1 aromatic rings. The summed E-state index contributed by atoms with van der Waals surface area (Å²) in [6.07, 6.45) is 3.46. The van der Waals surface area contributed by atoms with Crippen molar-refractivity contribution in [1.29, 1.82) is 0 Å². The third kappa shape index (κ3) is 0.978. The van der Waals surface area contributed by atoms with Crippen LogP contribution in [-0.2, 0) is 0 Å². The molecule has 0 N–H and O–H groups in total. The Morgan fingerprint density at radius 3 is 2.92 bits per heavy atom. The number of benzene rings is 1. The number of ether oxygens (including phenoxy) is 1. The minimum atomic E-state index is -0.906. The monoisotopic (exact) mass is 168 g/mol. The molecule has 1 aliphatic heterocycles. The Bertz CT molecular complexity index is 345. The number of fused-ring (bicyclic) bond motifs is 1. The summed E-state index contributed by atoms with van der Waals surface area (Å²) in [4.78, 5) is 0. The smallest absolute Gasteiger partial charge is 0.201 e. The predicted molar refractivity (Wildman–Crippen MR) is 40.9 cm³/mol. The van der Waals surface area contributed by atoms with E-state index in [1.807, 2.05) is 0 Å². The second-order valence-corrected chi connectivity index (χ2v) is 2.49. The lowest BCUT2D eigenvalue weighted by atomic mass is 10.1. The van der Waals surface area contributed by atoms with Crippen LogP contribution in [0.15, 0.2) is 18.2 Å². The Hall–Kier alpha value is -1.38. The maximum atomic E-state index is 12.9. The first kappa shape index (κ1) is 7.28. The standard InChI is InChI=1S/C9H6F2O/c10-7-4-3-6-2-1-5-12-9(6)8(7)11/h1-4H,5H2. The van der Waals surface area contributed by atoms with Gasteiger partial charge in [0.2, 0.25) is 5.82 Å². The molecule has 0 bridgehead atoms. The third-order valence-corrected chi connectivity index (χ3v) is 1.70. The first-order valence-corrected chi connectivity index (χ1v) is 3.56. The summed E-state index contributed by atoms with van der Waals surface area (Å²) < 4.78 is 30.5. The number of rotatable bonds is 0. The summed E-state index contributed by atoms with van der Waals surface area (Å²) in [6, 6.07) is 2.58. The fraction of sp³-hybridized carbons (Fsp3) is 0.111. The molecule has 0 radical (unpaired) electrons. The second-order valence-electron chi connectivity index (χ2n) is 2.49. The molecule has 0 aliphatic carbocycles. The molecule has 1 nitrogen and oxygen atoms in total. The van der Waals surface area contributed by atoms with Crippen LogP contribution in [0.2, 0.25) is 0 Å². The van der Waals surface area contributed by atoms with E-state index in [-0.39, 0.29) is 5.75 Å². The highest BCUT2D eigenvalue weighted by molar-refractivity contribution is 5.59. The van der Waals surface area contributed by atoms with Gasteiger partial charge in [-0.1, -0.05) is 6.08 Å². The Kier molecular flexibility index (Phi) is 1.57. The number of halogens is 2. The van der Waals surface area contributed by atoms with Gasteiger partial charge < -0.3 is 4.74 Å². The fourth-order valence-electron chi connectivity index (χ4n) is 1.13. The van der Waals surface area contributed by atoms with Crippen molar-refractivity contribution in [3.63, 3.8) is 0 Å². The molecule has 2 rings (SSSR count). The summed E-state index contributed by atoms with van der Waals surface area (Å²) in [5.41, 5.74) is 0.583. The molecule has 12 heavy (non-hydrogen) atoms. The van der Waals surface area contributed by atoms with Crippen LogP contribution in [-0.4, -0.2) is 6.61 Å². The highest BCUT2D eigenvalue weighted by Gasteiger charge is 2.14. The van der Waals surface area contributed by atoms with E-state index in [2.05, 4.69) is 0 Å². The first-order chi connectivity index (χ1) is 5.79. The quantitative estimate of drug-likeness (QED) is 0.577. The average molecular weight is 168 g/mol. The van der Waals surface area contributed by atoms with Crippen molar-refractivity contribution >= 4 is 6.08 Å². The van der Waals surface area contributed by atoms with Crippen LogP contribution in [0.4, 0.5) is 8.78 Å². The molecule has 1 aliphatic rings. The van der Waals surface area contributed by atoms with Gasteiger partial charge in [-0.3, -0.25) is 0 Å². The Balaban J connectivity index is 2.63. The van der Waals surface area contributed by atoms with Crippen LogP contribution in [0.1, 0.15) is 5.56 Å². The Morgan fingerprint density at radius 2 is 2.08 bits per heavy atom. The zero-order valence-corrected chi connectivity index (χ0v) is 6.18. The van der Waals surface area contributed by atoms with Gasteiger partial charge in [-0.15, -0.1) is 0 Å². The molecular weight excluding hydrogens is 162 g/mol. The van der Waals surface area contributed by atoms with E-state index in [4.69, 9.17) is 4.74 Å². The zero-order chi connectivity index (χ0) is 8.55. The van der Waals surface area contributed by atoms with Gasteiger partial charge in [-0.2, -0.15) is 4.39 Å². The molecule has 0 atom stereocenters. The van der Waals surface area contributed by atoms with E-state index in [0.717, 1.165) is 6.07 Å². The lowest BCUT2D eigenvalue weighted by molar-refractivity contribution is 0.328. The third-order valence-electron chi connectivity index (χ3n) is 1.70. The van der Waals surface area contributed by atoms with E-state index in [1.165, 1.54) is 6.07 Å². The van der Waals surface area contributed by atoms with Crippen LogP contribution in [0, 0.1) is 11.6 Å². The zero-order valence-electron chi connectivity index (χ0n) is 6.18. The van der Waals surface area contributed by atoms with Gasteiger partial charge in [0, 0.05) is 5.56 Å². The van der Waals surface area contributed by atoms with Crippen molar-refractivity contribution in [1.82, 2.24) is 0 Å². The van der Waals surface area contributed by atoms with Gasteiger partial charge in [0.05, 0.1) is 0 Å². The fourth-order valence-corrected chi connectivity index (χ4v) is 1.13. The van der Waals surface area contributed by atoms with Crippen molar-refractivity contribution in [2.75, 3.05) is 6.61 Å². The molecular formula is C9H6F2O. The minimum absolute atomic E-state index is 0.0116. The van der Waals surface area contributed by atoms with Crippen LogP contribution in [0.3, 0.4) is 0 Å². The lowest BCUT2D eigenvalue weighted by Gasteiger charge is -2.12. The van der Waals surface area contributed by atoms with Crippen LogP contribution < -0.4 is 4.74 Å². The summed E-state index contributed by atoms with van der Waals surface area (Å²) in [7, 11) is 0. The van der Waals surface area contributed by atoms with Crippen molar-refractivity contribution < 1.29 is 13.5 Å². The van der Waals surface area contributed by atoms with Gasteiger partial charge in [0.1, 0.15) is 6.61 Å². The number of hydrogen-bond donors (Lipinski definition) is 0. The molecule has 0 spiro atoms. The van der Waals surface area contributed by atoms with Gasteiger partial charge in [0.25, 0.3) is 0 Å². The molecule has 0 unspecified atom stereocenters. The van der Waals surface area contributed by atoms with Crippen LogP contribution in [0.5, 0.6) is 5.75 Å². The highest BCUT2D eigenvalue weighted by Crippen LogP contribution is 2.28. The average Bonchev–Trinajstić information content (AvgIpc) is 2.12. The summed E-state index contributed by atoms with van der Waals surface area (Å²) >= 11 is 0. The molecule has 0 fully saturated rings.